The van der Waals surface area contributed by atoms with E-state index in [1.54, 1.807) is 0 Å². The predicted molar refractivity (Wildman–Crippen MR) is 24.0 cm³/mol. The molecule has 1 rings (SSSR count). The normalized spacial score (nSPS) is 47.6. The van der Waals surface area contributed by atoms with Crippen molar-refractivity contribution in [3.63, 3.8) is 0 Å². The highest BCUT2D eigenvalue weighted by Crippen LogP contribution is 2.10. The Morgan fingerprint density at radius 1 is 1.25 bits per heavy atom. The second kappa shape index (κ2) is 1.99. The van der Waals surface area contributed by atoms with Crippen LogP contribution < -0.4 is 0 Å². The molecule has 3 N–H and O–H groups in total. The molecule has 3 atom stereocenters. The SMILES string of the molecule is OC1[C@H](O)CO[C@H]1O. The molecule has 1 fully saturated rings. The molecule has 1 unspecified atom stereocenters. The van der Waals surface area contributed by atoms with Crippen LogP contribution in [0.25, 0.3) is 0 Å². The van der Waals surface area contributed by atoms with Crippen LogP contribution in [0.15, 0.2) is 0 Å². The molecular formula is C4H8O4. The minimum Gasteiger partial charge on any atom is -0.388 e. The average molecular weight is 120 g/mol. The van der Waals surface area contributed by atoms with Crippen molar-refractivity contribution in [2.75, 3.05) is 6.61 Å². The summed E-state index contributed by atoms with van der Waals surface area (Å²) in [4.78, 5) is 0. The molecule has 1 aliphatic heterocycles. The first-order valence-electron chi connectivity index (χ1n) is 2.37. The van der Waals surface area contributed by atoms with Gasteiger partial charge in [-0.25, -0.2) is 0 Å². The van der Waals surface area contributed by atoms with Gasteiger partial charge in [0.15, 0.2) is 6.29 Å². The topological polar surface area (TPSA) is 69.9 Å². The molecule has 0 aromatic carbocycles. The smallest absolute Gasteiger partial charge is 0.183 e. The molecule has 0 bridgehead atoms. The zero-order chi connectivity index (χ0) is 6.15. The maximum atomic E-state index is 8.64. The number of ether oxygens (including phenoxy) is 1. The maximum absolute atomic E-state index is 8.64. The van der Waals surface area contributed by atoms with E-state index in [0.29, 0.717) is 0 Å². The van der Waals surface area contributed by atoms with Crippen LogP contribution in [-0.2, 0) is 4.74 Å². The molecule has 0 spiro atoms. The summed E-state index contributed by atoms with van der Waals surface area (Å²) >= 11 is 0. The Bertz CT molecular complexity index is 74.1. The second-order valence-corrected chi connectivity index (χ2v) is 1.78. The molecule has 1 aliphatic rings. The van der Waals surface area contributed by atoms with Gasteiger partial charge in [0.1, 0.15) is 12.2 Å². The minimum atomic E-state index is -1.20. The number of hydrogen-bond donors (Lipinski definition) is 3. The molecule has 4 heteroatoms. The van der Waals surface area contributed by atoms with Gasteiger partial charge in [0, 0.05) is 0 Å². The highest BCUT2D eigenvalue weighted by atomic mass is 16.6. The molecule has 1 heterocycles. The zero-order valence-corrected chi connectivity index (χ0v) is 4.19. The summed E-state index contributed by atoms with van der Waals surface area (Å²) in [5, 5.41) is 25.8. The molecule has 8 heavy (non-hydrogen) atoms. The standard InChI is InChI=1S/C4H8O4/c5-2-1-8-4(7)3(2)6/h2-7H,1H2/t2-,3?,4-/m1/s1. The van der Waals surface area contributed by atoms with E-state index < -0.39 is 18.5 Å². The largest absolute Gasteiger partial charge is 0.388 e. The number of rotatable bonds is 0. The van der Waals surface area contributed by atoms with Gasteiger partial charge in [-0.05, 0) is 0 Å². The fourth-order valence-electron chi connectivity index (χ4n) is 0.584. The van der Waals surface area contributed by atoms with E-state index in [1.165, 1.54) is 0 Å². The summed E-state index contributed by atoms with van der Waals surface area (Å²) in [5.41, 5.74) is 0. The van der Waals surface area contributed by atoms with Gasteiger partial charge in [0.2, 0.25) is 0 Å². The highest BCUT2D eigenvalue weighted by molar-refractivity contribution is 4.75. The molecule has 48 valence electrons. The molecule has 0 saturated carbocycles. The Balaban J connectivity index is 2.44. The van der Waals surface area contributed by atoms with Crippen LogP contribution in [-0.4, -0.2) is 40.4 Å². The van der Waals surface area contributed by atoms with Gasteiger partial charge in [-0.1, -0.05) is 0 Å². The van der Waals surface area contributed by atoms with Gasteiger partial charge in [-0.3, -0.25) is 0 Å². The van der Waals surface area contributed by atoms with Crippen molar-refractivity contribution in [1.29, 1.82) is 0 Å². The van der Waals surface area contributed by atoms with Crippen LogP contribution in [0, 0.1) is 0 Å². The van der Waals surface area contributed by atoms with E-state index >= 15 is 0 Å². The Labute approximate surface area is 46.3 Å². The number of aliphatic hydroxyl groups excluding tert-OH is 3. The lowest BCUT2D eigenvalue weighted by Crippen LogP contribution is -2.29. The number of aliphatic hydroxyl groups is 3. The summed E-state index contributed by atoms with van der Waals surface area (Å²) in [5.74, 6) is 0. The summed E-state index contributed by atoms with van der Waals surface area (Å²) < 4.78 is 4.43. The first-order chi connectivity index (χ1) is 3.72. The van der Waals surface area contributed by atoms with Crippen molar-refractivity contribution in [1.82, 2.24) is 0 Å². The maximum Gasteiger partial charge on any atom is 0.183 e. The van der Waals surface area contributed by atoms with Gasteiger partial charge in [0.25, 0.3) is 0 Å². The summed E-state index contributed by atoms with van der Waals surface area (Å²) in [6.07, 6.45) is -3.26. The lowest BCUT2D eigenvalue weighted by atomic mass is 10.2. The number of hydrogen-bond acceptors (Lipinski definition) is 4. The van der Waals surface area contributed by atoms with Crippen LogP contribution in [0.4, 0.5) is 0 Å². The lowest BCUT2D eigenvalue weighted by molar-refractivity contribution is -0.111. The van der Waals surface area contributed by atoms with Crippen molar-refractivity contribution < 1.29 is 20.1 Å². The molecule has 0 aromatic rings. The third-order valence-corrected chi connectivity index (χ3v) is 1.12. The Morgan fingerprint density at radius 2 is 1.88 bits per heavy atom. The van der Waals surface area contributed by atoms with Gasteiger partial charge < -0.3 is 20.1 Å². The molecule has 0 amide bonds. The third-order valence-electron chi connectivity index (χ3n) is 1.12. The Kier molecular flexibility index (Phi) is 1.48. The van der Waals surface area contributed by atoms with E-state index in [1.807, 2.05) is 0 Å². The predicted octanol–water partition coefficient (Wildman–Crippen LogP) is -1.94. The minimum absolute atomic E-state index is 0.0162. The van der Waals surface area contributed by atoms with Crippen molar-refractivity contribution in [2.24, 2.45) is 0 Å². The molecular weight excluding hydrogens is 112 g/mol. The van der Waals surface area contributed by atoms with Crippen LogP contribution >= 0.6 is 0 Å². The molecule has 0 radical (unpaired) electrons. The van der Waals surface area contributed by atoms with Crippen LogP contribution in [0.5, 0.6) is 0 Å². The zero-order valence-electron chi connectivity index (χ0n) is 4.19. The van der Waals surface area contributed by atoms with E-state index in [-0.39, 0.29) is 6.61 Å². The van der Waals surface area contributed by atoms with Crippen LogP contribution in [0.1, 0.15) is 0 Å². The molecule has 0 aliphatic carbocycles. The van der Waals surface area contributed by atoms with Gasteiger partial charge in [0.05, 0.1) is 6.61 Å². The molecule has 4 nitrogen and oxygen atoms in total. The summed E-state index contributed by atoms with van der Waals surface area (Å²) in [6.45, 7) is 0.0162. The van der Waals surface area contributed by atoms with E-state index in [9.17, 15) is 0 Å². The fraction of sp³-hybridized carbons (Fsp3) is 1.00. The van der Waals surface area contributed by atoms with E-state index in [2.05, 4.69) is 4.74 Å². The van der Waals surface area contributed by atoms with E-state index in [4.69, 9.17) is 15.3 Å². The second-order valence-electron chi connectivity index (χ2n) is 1.78. The summed E-state index contributed by atoms with van der Waals surface area (Å²) in [7, 11) is 0. The fourth-order valence-corrected chi connectivity index (χ4v) is 0.584. The summed E-state index contributed by atoms with van der Waals surface area (Å²) in [6, 6.07) is 0. The molecule has 1 saturated heterocycles. The van der Waals surface area contributed by atoms with Crippen molar-refractivity contribution in [2.45, 2.75) is 18.5 Å². The monoisotopic (exact) mass is 120 g/mol. The Morgan fingerprint density at radius 3 is 2.00 bits per heavy atom. The van der Waals surface area contributed by atoms with Crippen molar-refractivity contribution in [3.8, 4) is 0 Å². The van der Waals surface area contributed by atoms with Gasteiger partial charge in [-0.2, -0.15) is 0 Å². The van der Waals surface area contributed by atoms with E-state index in [0.717, 1.165) is 0 Å². The third kappa shape index (κ3) is 0.830. The first-order valence-corrected chi connectivity index (χ1v) is 2.37. The van der Waals surface area contributed by atoms with Gasteiger partial charge in [-0.15, -0.1) is 0 Å². The highest BCUT2D eigenvalue weighted by Gasteiger charge is 2.32. The molecule has 0 aromatic heterocycles. The van der Waals surface area contributed by atoms with Crippen molar-refractivity contribution >= 4 is 0 Å². The quantitative estimate of drug-likeness (QED) is 0.348. The lowest BCUT2D eigenvalue weighted by Gasteiger charge is -2.06. The first kappa shape index (κ1) is 5.97. The van der Waals surface area contributed by atoms with Gasteiger partial charge >= 0.3 is 0 Å². The average Bonchev–Trinajstić information content (AvgIpc) is 1.98. The van der Waals surface area contributed by atoms with Crippen LogP contribution in [0.3, 0.4) is 0 Å². The Hall–Kier alpha value is -0.160. The van der Waals surface area contributed by atoms with Crippen molar-refractivity contribution in [3.05, 3.63) is 0 Å². The van der Waals surface area contributed by atoms with Crippen LogP contribution in [0.2, 0.25) is 0 Å².